The van der Waals surface area contributed by atoms with Gasteiger partial charge in [0.05, 0.1) is 31.1 Å². The molecule has 1 amide bonds. The SMILES string of the molecule is Cc1c(CC(=O)NCc2ccco2)c(=O)oc2cc3occ(-c4ccc(F)cc4)c3cc12. The van der Waals surface area contributed by atoms with Crippen molar-refractivity contribution in [2.75, 3.05) is 0 Å². The van der Waals surface area contributed by atoms with E-state index in [9.17, 15) is 14.0 Å². The van der Waals surface area contributed by atoms with Gasteiger partial charge in [0.25, 0.3) is 0 Å². The number of carbonyl (C=O) groups excluding carboxylic acids is 1. The molecule has 0 unspecified atom stereocenters. The molecule has 3 aromatic heterocycles. The molecule has 0 aliphatic heterocycles. The maximum absolute atomic E-state index is 13.3. The molecule has 7 heteroatoms. The third-order valence-electron chi connectivity index (χ3n) is 5.51. The summed E-state index contributed by atoms with van der Waals surface area (Å²) in [5.74, 6) is -0.0107. The average Bonchev–Trinajstić information content (AvgIpc) is 3.44. The quantitative estimate of drug-likeness (QED) is 0.391. The lowest BCUT2D eigenvalue weighted by Gasteiger charge is -2.09. The summed E-state index contributed by atoms with van der Waals surface area (Å²) in [5, 5.41) is 4.24. The van der Waals surface area contributed by atoms with Crippen molar-refractivity contribution in [2.24, 2.45) is 0 Å². The summed E-state index contributed by atoms with van der Waals surface area (Å²) in [6.07, 6.45) is 3.01. The molecule has 0 saturated heterocycles. The van der Waals surface area contributed by atoms with E-state index >= 15 is 0 Å². The number of halogens is 1. The van der Waals surface area contributed by atoms with Crippen LogP contribution < -0.4 is 10.9 Å². The maximum atomic E-state index is 13.3. The predicted molar refractivity (Wildman–Crippen MR) is 117 cm³/mol. The Morgan fingerprint density at radius 1 is 1.03 bits per heavy atom. The van der Waals surface area contributed by atoms with Crippen LogP contribution in [-0.4, -0.2) is 5.91 Å². The minimum absolute atomic E-state index is 0.112. The fourth-order valence-electron chi connectivity index (χ4n) is 3.79. The van der Waals surface area contributed by atoms with Crippen LogP contribution in [0.3, 0.4) is 0 Å². The lowest BCUT2D eigenvalue weighted by Crippen LogP contribution is -2.27. The minimum atomic E-state index is -0.562. The summed E-state index contributed by atoms with van der Waals surface area (Å²) < 4.78 is 29.7. The van der Waals surface area contributed by atoms with Gasteiger partial charge in [-0.05, 0) is 48.4 Å². The smallest absolute Gasteiger partial charge is 0.340 e. The molecule has 3 heterocycles. The van der Waals surface area contributed by atoms with Gasteiger partial charge >= 0.3 is 5.63 Å². The molecule has 2 aromatic carbocycles. The van der Waals surface area contributed by atoms with Gasteiger partial charge in [0.1, 0.15) is 22.7 Å². The summed E-state index contributed by atoms with van der Waals surface area (Å²) in [6, 6.07) is 13.2. The molecule has 0 atom stereocenters. The molecule has 160 valence electrons. The molecule has 0 aliphatic carbocycles. The van der Waals surface area contributed by atoms with Crippen molar-refractivity contribution >= 4 is 27.8 Å². The number of hydrogen-bond donors (Lipinski definition) is 1. The van der Waals surface area contributed by atoms with Crippen molar-refractivity contribution < 1.29 is 22.4 Å². The Bertz CT molecular complexity index is 1490. The Morgan fingerprint density at radius 3 is 2.59 bits per heavy atom. The molecule has 0 fully saturated rings. The Hall–Kier alpha value is -4.13. The highest BCUT2D eigenvalue weighted by Gasteiger charge is 2.18. The average molecular weight is 431 g/mol. The highest BCUT2D eigenvalue weighted by Crippen LogP contribution is 2.34. The first-order chi connectivity index (χ1) is 15.5. The number of aryl methyl sites for hydroxylation is 1. The van der Waals surface area contributed by atoms with Gasteiger partial charge < -0.3 is 18.6 Å². The van der Waals surface area contributed by atoms with E-state index in [0.29, 0.717) is 33.4 Å². The van der Waals surface area contributed by atoms with Crippen molar-refractivity contribution in [3.63, 3.8) is 0 Å². The van der Waals surface area contributed by atoms with Crippen molar-refractivity contribution in [2.45, 2.75) is 19.9 Å². The highest BCUT2D eigenvalue weighted by atomic mass is 19.1. The van der Waals surface area contributed by atoms with Crippen LogP contribution >= 0.6 is 0 Å². The monoisotopic (exact) mass is 431 g/mol. The second-order valence-electron chi connectivity index (χ2n) is 7.53. The molecule has 0 bridgehead atoms. The van der Waals surface area contributed by atoms with Gasteiger partial charge in [-0.3, -0.25) is 4.79 Å². The lowest BCUT2D eigenvalue weighted by atomic mass is 9.99. The minimum Gasteiger partial charge on any atom is -0.467 e. The van der Waals surface area contributed by atoms with Crippen LogP contribution in [0.5, 0.6) is 0 Å². The summed E-state index contributed by atoms with van der Waals surface area (Å²) in [6.45, 7) is 2.03. The van der Waals surface area contributed by atoms with Gasteiger partial charge in [-0.1, -0.05) is 12.1 Å². The molecule has 1 N–H and O–H groups in total. The maximum Gasteiger partial charge on any atom is 0.340 e. The zero-order valence-corrected chi connectivity index (χ0v) is 17.1. The molecule has 0 spiro atoms. The zero-order chi connectivity index (χ0) is 22.2. The van der Waals surface area contributed by atoms with Crippen LogP contribution in [0, 0.1) is 12.7 Å². The molecule has 5 rings (SSSR count). The number of benzene rings is 2. The van der Waals surface area contributed by atoms with E-state index in [1.165, 1.54) is 18.4 Å². The highest BCUT2D eigenvalue weighted by molar-refractivity contribution is 6.02. The Morgan fingerprint density at radius 2 is 1.84 bits per heavy atom. The molecular formula is C25H18FNO5. The number of carbonyl (C=O) groups is 1. The van der Waals surface area contributed by atoms with Gasteiger partial charge in [0.2, 0.25) is 5.91 Å². The number of nitrogens with one attached hydrogen (secondary N) is 1. The topological polar surface area (TPSA) is 85.6 Å². The Balaban J connectivity index is 1.52. The van der Waals surface area contributed by atoms with E-state index in [2.05, 4.69) is 5.32 Å². The van der Waals surface area contributed by atoms with Gasteiger partial charge in [-0.25, -0.2) is 9.18 Å². The standard InChI is InChI=1S/C25H18FNO5/c1-14-18-9-20-21(15-4-6-16(26)7-5-15)13-31-22(20)11-23(18)32-25(29)19(14)10-24(28)27-12-17-3-2-8-30-17/h2-9,11,13H,10,12H2,1H3,(H,27,28). The summed E-state index contributed by atoms with van der Waals surface area (Å²) in [5.41, 5.74) is 2.91. The third-order valence-corrected chi connectivity index (χ3v) is 5.51. The fourth-order valence-corrected chi connectivity index (χ4v) is 3.79. The van der Waals surface area contributed by atoms with Crippen LogP contribution in [-0.2, 0) is 17.8 Å². The van der Waals surface area contributed by atoms with Crippen molar-refractivity contribution in [1.82, 2.24) is 5.32 Å². The van der Waals surface area contributed by atoms with E-state index < -0.39 is 5.63 Å². The van der Waals surface area contributed by atoms with Crippen LogP contribution in [0.25, 0.3) is 33.1 Å². The van der Waals surface area contributed by atoms with Crippen LogP contribution in [0.2, 0.25) is 0 Å². The number of amides is 1. The second kappa shape index (κ2) is 7.85. The zero-order valence-electron chi connectivity index (χ0n) is 17.1. The third kappa shape index (κ3) is 3.58. The number of hydrogen-bond acceptors (Lipinski definition) is 5. The van der Waals surface area contributed by atoms with Gasteiger partial charge in [0.15, 0.2) is 0 Å². The number of furan rings is 2. The van der Waals surface area contributed by atoms with Crippen LogP contribution in [0.15, 0.2) is 79.1 Å². The van der Waals surface area contributed by atoms with Gasteiger partial charge in [-0.15, -0.1) is 0 Å². The van der Waals surface area contributed by atoms with E-state index in [0.717, 1.165) is 16.5 Å². The van der Waals surface area contributed by atoms with Crippen molar-refractivity contribution in [3.05, 3.63) is 94.2 Å². The Kier molecular flexibility index (Phi) is 4.86. The number of fused-ring (bicyclic) bond motifs is 2. The van der Waals surface area contributed by atoms with Crippen LogP contribution in [0.4, 0.5) is 4.39 Å². The van der Waals surface area contributed by atoms with Crippen molar-refractivity contribution in [1.29, 1.82) is 0 Å². The molecular weight excluding hydrogens is 413 g/mol. The molecule has 32 heavy (non-hydrogen) atoms. The van der Waals surface area contributed by atoms with Crippen LogP contribution in [0.1, 0.15) is 16.9 Å². The Labute approximate surface area is 181 Å². The summed E-state index contributed by atoms with van der Waals surface area (Å²) in [4.78, 5) is 25.0. The van der Waals surface area contributed by atoms with Crippen molar-refractivity contribution in [3.8, 4) is 11.1 Å². The fraction of sp³-hybridized carbons (Fsp3) is 0.120. The molecule has 6 nitrogen and oxygen atoms in total. The second-order valence-corrected chi connectivity index (χ2v) is 7.53. The first-order valence-corrected chi connectivity index (χ1v) is 10.0. The van der Waals surface area contributed by atoms with E-state index in [4.69, 9.17) is 13.3 Å². The lowest BCUT2D eigenvalue weighted by molar-refractivity contribution is -0.120. The summed E-state index contributed by atoms with van der Waals surface area (Å²) in [7, 11) is 0. The molecule has 5 aromatic rings. The van der Waals surface area contributed by atoms with Gasteiger partial charge in [0, 0.05) is 22.4 Å². The van der Waals surface area contributed by atoms with E-state index in [1.807, 2.05) is 6.07 Å². The first-order valence-electron chi connectivity index (χ1n) is 10.0. The molecule has 0 saturated carbocycles. The van der Waals surface area contributed by atoms with E-state index in [1.54, 1.807) is 43.5 Å². The summed E-state index contributed by atoms with van der Waals surface area (Å²) >= 11 is 0. The first kappa shape index (κ1) is 19.8. The predicted octanol–water partition coefficient (Wildman–Crippen LogP) is 5.11. The number of rotatable bonds is 5. The molecule has 0 aliphatic rings. The largest absolute Gasteiger partial charge is 0.467 e. The normalized spacial score (nSPS) is 11.3. The van der Waals surface area contributed by atoms with E-state index in [-0.39, 0.29) is 24.7 Å². The van der Waals surface area contributed by atoms with Gasteiger partial charge in [-0.2, -0.15) is 0 Å². The molecule has 0 radical (unpaired) electrons.